The normalized spacial score (nSPS) is 12.1. The van der Waals surface area contributed by atoms with Crippen molar-refractivity contribution in [3.05, 3.63) is 108 Å². The number of hydrogen-bond acceptors (Lipinski definition) is 3. The fraction of sp³-hybridized carbons (Fsp3) is 0.250. The molecule has 0 saturated heterocycles. The molecule has 0 fully saturated rings. The van der Waals surface area contributed by atoms with Gasteiger partial charge in [0.2, 0.25) is 5.79 Å². The summed E-state index contributed by atoms with van der Waals surface area (Å²) in [5, 5.41) is 11.1. The van der Waals surface area contributed by atoms with Crippen LogP contribution in [0.15, 0.2) is 91.0 Å². The summed E-state index contributed by atoms with van der Waals surface area (Å²) in [6.45, 7) is 4.09. The highest BCUT2D eigenvalue weighted by Gasteiger charge is 2.48. The van der Waals surface area contributed by atoms with Crippen molar-refractivity contribution in [2.45, 2.75) is 38.4 Å². The third-order valence-corrected chi connectivity index (χ3v) is 4.53. The first-order valence-electron chi connectivity index (χ1n) is 9.15. The van der Waals surface area contributed by atoms with Crippen LogP contribution >= 0.6 is 0 Å². The van der Waals surface area contributed by atoms with Gasteiger partial charge < -0.3 is 14.6 Å². The second-order valence-electron chi connectivity index (χ2n) is 7.09. The second-order valence-corrected chi connectivity index (χ2v) is 7.09. The van der Waals surface area contributed by atoms with Crippen molar-refractivity contribution in [3.63, 3.8) is 0 Å². The van der Waals surface area contributed by atoms with Gasteiger partial charge in [-0.05, 0) is 25.0 Å². The monoisotopic (exact) mass is 362 g/mol. The highest BCUT2D eigenvalue weighted by molar-refractivity contribution is 5.24. The number of benzene rings is 3. The molecule has 0 radical (unpaired) electrons. The Morgan fingerprint density at radius 1 is 0.630 bits per heavy atom. The summed E-state index contributed by atoms with van der Waals surface area (Å²) < 4.78 is 12.6. The van der Waals surface area contributed by atoms with Gasteiger partial charge in [-0.1, -0.05) is 91.0 Å². The molecule has 0 saturated carbocycles. The minimum absolute atomic E-state index is 0.328. The molecule has 0 atom stereocenters. The number of hydrogen-bond donors (Lipinski definition) is 1. The molecular weight excluding hydrogens is 336 g/mol. The van der Waals surface area contributed by atoms with Gasteiger partial charge in [0.15, 0.2) is 0 Å². The summed E-state index contributed by atoms with van der Waals surface area (Å²) in [6, 6.07) is 29.4. The van der Waals surface area contributed by atoms with Gasteiger partial charge in [0.05, 0.1) is 13.2 Å². The van der Waals surface area contributed by atoms with Gasteiger partial charge in [-0.25, -0.2) is 0 Å². The SMILES string of the molecule is CC(C)(O)C(OCc1ccccc1)(OCc1ccccc1)c1ccccc1. The highest BCUT2D eigenvalue weighted by atomic mass is 16.7. The Morgan fingerprint density at radius 3 is 1.37 bits per heavy atom. The third-order valence-electron chi connectivity index (χ3n) is 4.53. The lowest BCUT2D eigenvalue weighted by Crippen LogP contribution is -2.51. The second kappa shape index (κ2) is 8.49. The van der Waals surface area contributed by atoms with E-state index < -0.39 is 11.4 Å². The van der Waals surface area contributed by atoms with Gasteiger partial charge >= 0.3 is 0 Å². The minimum Gasteiger partial charge on any atom is -0.384 e. The molecule has 0 bridgehead atoms. The maximum atomic E-state index is 11.1. The van der Waals surface area contributed by atoms with Gasteiger partial charge in [-0.3, -0.25) is 0 Å². The molecule has 0 unspecified atom stereocenters. The van der Waals surface area contributed by atoms with Crippen molar-refractivity contribution in [1.82, 2.24) is 0 Å². The smallest absolute Gasteiger partial charge is 0.224 e. The van der Waals surface area contributed by atoms with E-state index in [1.54, 1.807) is 13.8 Å². The topological polar surface area (TPSA) is 38.7 Å². The van der Waals surface area contributed by atoms with Crippen LogP contribution in [0.3, 0.4) is 0 Å². The molecule has 0 aliphatic carbocycles. The Labute approximate surface area is 161 Å². The first-order valence-corrected chi connectivity index (χ1v) is 9.15. The first kappa shape index (κ1) is 19.3. The zero-order valence-corrected chi connectivity index (χ0v) is 15.8. The van der Waals surface area contributed by atoms with Gasteiger partial charge in [0.1, 0.15) is 5.60 Å². The molecule has 3 nitrogen and oxygen atoms in total. The van der Waals surface area contributed by atoms with Crippen LogP contribution in [-0.2, 0) is 28.5 Å². The largest absolute Gasteiger partial charge is 0.384 e. The van der Waals surface area contributed by atoms with E-state index in [1.165, 1.54) is 0 Å². The predicted octanol–water partition coefficient (Wildman–Crippen LogP) is 5.04. The zero-order valence-electron chi connectivity index (χ0n) is 15.8. The molecule has 0 amide bonds. The van der Waals surface area contributed by atoms with Crippen molar-refractivity contribution >= 4 is 0 Å². The standard InChI is InChI=1S/C24H26O3/c1-23(2,25)24(22-16-10-5-11-17-22,26-18-20-12-6-3-7-13-20)27-19-21-14-8-4-9-15-21/h3-17,25H,18-19H2,1-2H3. The average molecular weight is 362 g/mol. The first-order chi connectivity index (χ1) is 13.0. The van der Waals surface area contributed by atoms with E-state index in [0.29, 0.717) is 13.2 Å². The Kier molecular flexibility index (Phi) is 6.07. The van der Waals surface area contributed by atoms with E-state index >= 15 is 0 Å². The Morgan fingerprint density at radius 2 is 1.00 bits per heavy atom. The minimum atomic E-state index is -1.31. The third kappa shape index (κ3) is 4.64. The van der Waals surface area contributed by atoms with Crippen molar-refractivity contribution in [3.8, 4) is 0 Å². The van der Waals surface area contributed by atoms with Crippen molar-refractivity contribution in [2.24, 2.45) is 0 Å². The summed E-state index contributed by atoms with van der Waals surface area (Å²) in [4.78, 5) is 0. The average Bonchev–Trinajstić information content (AvgIpc) is 2.69. The van der Waals surface area contributed by atoms with Crippen LogP contribution in [0.2, 0.25) is 0 Å². The molecule has 3 rings (SSSR count). The van der Waals surface area contributed by atoms with E-state index in [1.807, 2.05) is 91.0 Å². The van der Waals surface area contributed by atoms with Crippen LogP contribution in [-0.4, -0.2) is 10.7 Å². The van der Waals surface area contributed by atoms with Crippen LogP contribution in [0.1, 0.15) is 30.5 Å². The predicted molar refractivity (Wildman–Crippen MR) is 107 cm³/mol. The van der Waals surface area contributed by atoms with Gasteiger partial charge in [-0.2, -0.15) is 0 Å². The van der Waals surface area contributed by atoms with E-state index in [-0.39, 0.29) is 0 Å². The molecule has 0 aliphatic rings. The summed E-state index contributed by atoms with van der Waals surface area (Å²) >= 11 is 0. The molecule has 0 heterocycles. The lowest BCUT2D eigenvalue weighted by molar-refractivity contribution is -0.333. The number of aliphatic hydroxyl groups is 1. The quantitative estimate of drug-likeness (QED) is 0.570. The van der Waals surface area contributed by atoms with Crippen LogP contribution in [0.4, 0.5) is 0 Å². The summed E-state index contributed by atoms with van der Waals surface area (Å²) in [5.74, 6) is -1.31. The van der Waals surface area contributed by atoms with Crippen molar-refractivity contribution in [2.75, 3.05) is 0 Å². The summed E-state index contributed by atoms with van der Waals surface area (Å²) in [5.41, 5.74) is 1.55. The van der Waals surface area contributed by atoms with Crippen molar-refractivity contribution < 1.29 is 14.6 Å². The molecule has 140 valence electrons. The molecule has 0 spiro atoms. The van der Waals surface area contributed by atoms with E-state index in [2.05, 4.69) is 0 Å². The van der Waals surface area contributed by atoms with Crippen molar-refractivity contribution in [1.29, 1.82) is 0 Å². The molecule has 0 aromatic heterocycles. The van der Waals surface area contributed by atoms with Crippen LogP contribution in [0.25, 0.3) is 0 Å². The fourth-order valence-electron chi connectivity index (χ4n) is 3.09. The highest BCUT2D eigenvalue weighted by Crippen LogP contribution is 2.39. The van der Waals surface area contributed by atoms with Crippen LogP contribution < -0.4 is 0 Å². The molecule has 0 aliphatic heterocycles. The summed E-state index contributed by atoms with van der Waals surface area (Å²) in [6.07, 6.45) is 0. The van der Waals surface area contributed by atoms with Crippen LogP contribution in [0, 0.1) is 0 Å². The Bertz CT molecular complexity index is 765. The van der Waals surface area contributed by atoms with E-state index in [0.717, 1.165) is 16.7 Å². The van der Waals surface area contributed by atoms with Gasteiger partial charge in [0.25, 0.3) is 0 Å². The fourth-order valence-corrected chi connectivity index (χ4v) is 3.09. The maximum Gasteiger partial charge on any atom is 0.224 e. The van der Waals surface area contributed by atoms with Gasteiger partial charge in [-0.15, -0.1) is 0 Å². The van der Waals surface area contributed by atoms with E-state index in [4.69, 9.17) is 9.47 Å². The summed E-state index contributed by atoms with van der Waals surface area (Å²) in [7, 11) is 0. The van der Waals surface area contributed by atoms with Gasteiger partial charge in [0, 0.05) is 5.56 Å². The number of rotatable bonds is 8. The Balaban J connectivity index is 1.94. The Hall–Kier alpha value is -2.46. The lowest BCUT2D eigenvalue weighted by atomic mass is 9.89. The zero-order chi connectivity index (χ0) is 19.2. The molecule has 27 heavy (non-hydrogen) atoms. The lowest BCUT2D eigenvalue weighted by Gasteiger charge is -2.43. The molecular formula is C24H26O3. The molecule has 1 N–H and O–H groups in total. The van der Waals surface area contributed by atoms with Crippen LogP contribution in [0.5, 0.6) is 0 Å². The molecule has 3 aromatic carbocycles. The molecule has 3 heteroatoms. The number of ether oxygens (including phenoxy) is 2. The van der Waals surface area contributed by atoms with E-state index in [9.17, 15) is 5.11 Å². The maximum absolute atomic E-state index is 11.1. The molecule has 3 aromatic rings.